The van der Waals surface area contributed by atoms with Crippen molar-refractivity contribution in [2.24, 2.45) is 0 Å². The fourth-order valence-corrected chi connectivity index (χ4v) is 1.75. The van der Waals surface area contributed by atoms with Crippen molar-refractivity contribution >= 4 is 5.82 Å². The van der Waals surface area contributed by atoms with Crippen LogP contribution in [0.3, 0.4) is 0 Å². The van der Waals surface area contributed by atoms with Gasteiger partial charge < -0.3 is 15.4 Å². The summed E-state index contributed by atoms with van der Waals surface area (Å²) in [6, 6.07) is 2.31. The van der Waals surface area contributed by atoms with Crippen molar-refractivity contribution in [2.75, 3.05) is 25.0 Å². The predicted molar refractivity (Wildman–Crippen MR) is 62.7 cm³/mol. The molecule has 0 amide bonds. The molecule has 0 spiro atoms. The fourth-order valence-electron chi connectivity index (χ4n) is 1.75. The fraction of sp³-hybridized carbons (Fsp3) is 0.636. The van der Waals surface area contributed by atoms with Crippen molar-refractivity contribution in [3.63, 3.8) is 0 Å². The third-order valence-corrected chi connectivity index (χ3v) is 2.52. The van der Waals surface area contributed by atoms with Crippen LogP contribution in [0.5, 0.6) is 6.01 Å². The van der Waals surface area contributed by atoms with E-state index in [0.29, 0.717) is 6.01 Å². The Morgan fingerprint density at radius 2 is 2.56 bits per heavy atom. The van der Waals surface area contributed by atoms with Gasteiger partial charge >= 0.3 is 6.01 Å². The molecule has 2 heterocycles. The summed E-state index contributed by atoms with van der Waals surface area (Å²) in [5.41, 5.74) is 0. The van der Waals surface area contributed by atoms with Crippen LogP contribution in [0.2, 0.25) is 0 Å². The van der Waals surface area contributed by atoms with Crippen molar-refractivity contribution < 1.29 is 4.74 Å². The molecule has 1 aliphatic rings. The molecule has 0 bridgehead atoms. The van der Waals surface area contributed by atoms with E-state index in [1.54, 1.807) is 6.20 Å². The third-order valence-electron chi connectivity index (χ3n) is 2.52. The highest BCUT2D eigenvalue weighted by molar-refractivity contribution is 5.33. The normalized spacial score (nSPS) is 20.4. The van der Waals surface area contributed by atoms with Gasteiger partial charge in [-0.2, -0.15) is 4.98 Å². The second-order valence-electron chi connectivity index (χ2n) is 3.84. The van der Waals surface area contributed by atoms with E-state index < -0.39 is 0 Å². The lowest BCUT2D eigenvalue weighted by molar-refractivity contribution is 0.153. The molecule has 0 unspecified atom stereocenters. The van der Waals surface area contributed by atoms with E-state index in [4.69, 9.17) is 4.74 Å². The van der Waals surface area contributed by atoms with Crippen LogP contribution in [0.1, 0.15) is 19.8 Å². The summed E-state index contributed by atoms with van der Waals surface area (Å²) in [4.78, 5) is 8.40. The van der Waals surface area contributed by atoms with Crippen molar-refractivity contribution in [2.45, 2.75) is 25.9 Å². The van der Waals surface area contributed by atoms with Crippen LogP contribution in [-0.4, -0.2) is 35.7 Å². The molecule has 88 valence electrons. The zero-order valence-electron chi connectivity index (χ0n) is 9.57. The molecule has 1 saturated heterocycles. The van der Waals surface area contributed by atoms with E-state index in [2.05, 4.69) is 20.6 Å². The number of nitrogens with one attached hydrogen (secondary N) is 2. The second kappa shape index (κ2) is 5.65. The Balaban J connectivity index is 1.94. The predicted octanol–water partition coefficient (Wildman–Crippen LogP) is 1.04. The lowest BCUT2D eigenvalue weighted by Gasteiger charge is -2.22. The summed E-state index contributed by atoms with van der Waals surface area (Å²) in [5.74, 6) is 0.816. The second-order valence-corrected chi connectivity index (χ2v) is 3.84. The van der Waals surface area contributed by atoms with E-state index in [1.807, 2.05) is 13.0 Å². The molecule has 2 rings (SSSR count). The van der Waals surface area contributed by atoms with Crippen LogP contribution in [0.25, 0.3) is 0 Å². The quantitative estimate of drug-likeness (QED) is 0.797. The first kappa shape index (κ1) is 11.1. The molecule has 1 aromatic heterocycles. The molecule has 16 heavy (non-hydrogen) atoms. The van der Waals surface area contributed by atoms with Gasteiger partial charge in [0.25, 0.3) is 0 Å². The molecule has 5 nitrogen and oxygen atoms in total. The summed E-state index contributed by atoms with van der Waals surface area (Å²) >= 11 is 0. The highest BCUT2D eigenvalue weighted by Gasteiger charge is 2.15. The van der Waals surface area contributed by atoms with E-state index in [1.165, 1.54) is 0 Å². The maximum atomic E-state index is 5.72. The average Bonchev–Trinajstić information content (AvgIpc) is 2.31. The van der Waals surface area contributed by atoms with Gasteiger partial charge in [-0.1, -0.05) is 0 Å². The average molecular weight is 222 g/mol. The molecular formula is C11H18N4O. The number of anilines is 1. The van der Waals surface area contributed by atoms with E-state index in [0.717, 1.165) is 38.3 Å². The summed E-state index contributed by atoms with van der Waals surface area (Å²) in [7, 11) is 0. The van der Waals surface area contributed by atoms with E-state index in [9.17, 15) is 0 Å². The monoisotopic (exact) mass is 222 g/mol. The smallest absolute Gasteiger partial charge is 0.318 e. The summed E-state index contributed by atoms with van der Waals surface area (Å²) in [6.45, 7) is 4.85. The number of hydrogen-bond donors (Lipinski definition) is 2. The zero-order valence-corrected chi connectivity index (χ0v) is 9.57. The molecule has 1 atom stereocenters. The van der Waals surface area contributed by atoms with Gasteiger partial charge in [-0.05, 0) is 32.4 Å². The Morgan fingerprint density at radius 3 is 3.31 bits per heavy atom. The number of nitrogens with zero attached hydrogens (tertiary/aromatic N) is 2. The maximum absolute atomic E-state index is 5.72. The Morgan fingerprint density at radius 1 is 1.62 bits per heavy atom. The number of aromatic nitrogens is 2. The Kier molecular flexibility index (Phi) is 3.93. The Bertz CT molecular complexity index is 326. The molecule has 5 heteroatoms. The molecule has 1 aliphatic heterocycles. The molecule has 2 N–H and O–H groups in total. The first-order valence-corrected chi connectivity index (χ1v) is 5.83. The van der Waals surface area contributed by atoms with Gasteiger partial charge in [0.15, 0.2) is 0 Å². The van der Waals surface area contributed by atoms with Crippen molar-refractivity contribution in [1.29, 1.82) is 0 Å². The molecular weight excluding hydrogens is 204 g/mol. The first-order chi connectivity index (χ1) is 7.88. The third kappa shape index (κ3) is 3.06. The molecule has 0 radical (unpaired) electrons. The van der Waals surface area contributed by atoms with E-state index >= 15 is 0 Å². The summed E-state index contributed by atoms with van der Waals surface area (Å²) < 4.78 is 5.72. The van der Waals surface area contributed by atoms with Gasteiger partial charge in [-0.3, -0.25) is 0 Å². The lowest BCUT2D eigenvalue weighted by Crippen LogP contribution is -2.37. The highest BCUT2D eigenvalue weighted by Crippen LogP contribution is 2.12. The Hall–Kier alpha value is -1.36. The van der Waals surface area contributed by atoms with Crippen LogP contribution in [0.15, 0.2) is 12.3 Å². The topological polar surface area (TPSA) is 59.1 Å². The summed E-state index contributed by atoms with van der Waals surface area (Å²) in [6.07, 6.45) is 4.14. The minimum absolute atomic E-state index is 0.200. The van der Waals surface area contributed by atoms with Crippen molar-refractivity contribution in [3.8, 4) is 6.01 Å². The van der Waals surface area contributed by atoms with Crippen molar-refractivity contribution in [3.05, 3.63) is 12.3 Å². The summed E-state index contributed by atoms with van der Waals surface area (Å²) in [5, 5.41) is 6.44. The number of hydrogen-bond acceptors (Lipinski definition) is 5. The standard InChI is InChI=1S/C11H18N4O/c1-2-13-10-5-7-14-11(15-10)16-9-4-3-6-12-8-9/h5,7,9,12H,2-4,6,8H2,1H3,(H,13,14,15)/t9-/m1/s1. The zero-order chi connectivity index (χ0) is 11.2. The Labute approximate surface area is 95.6 Å². The first-order valence-electron chi connectivity index (χ1n) is 5.83. The minimum Gasteiger partial charge on any atom is -0.459 e. The SMILES string of the molecule is CCNc1ccnc(O[C@@H]2CCCNC2)n1. The largest absolute Gasteiger partial charge is 0.459 e. The van der Waals surface area contributed by atoms with Gasteiger partial charge in [0.1, 0.15) is 11.9 Å². The molecule has 1 fully saturated rings. The van der Waals surface area contributed by atoms with Gasteiger partial charge in [0.05, 0.1) is 0 Å². The number of piperidine rings is 1. The molecule has 0 aliphatic carbocycles. The van der Waals surface area contributed by atoms with Gasteiger partial charge in [0, 0.05) is 19.3 Å². The van der Waals surface area contributed by atoms with Crippen LogP contribution in [-0.2, 0) is 0 Å². The van der Waals surface area contributed by atoms with Crippen molar-refractivity contribution in [1.82, 2.24) is 15.3 Å². The molecule has 0 saturated carbocycles. The molecule has 0 aromatic carbocycles. The number of ether oxygens (including phenoxy) is 1. The van der Waals surface area contributed by atoms with Gasteiger partial charge in [-0.25, -0.2) is 4.98 Å². The molecule has 1 aromatic rings. The van der Waals surface area contributed by atoms with Gasteiger partial charge in [0.2, 0.25) is 0 Å². The number of rotatable bonds is 4. The van der Waals surface area contributed by atoms with E-state index in [-0.39, 0.29) is 6.10 Å². The highest BCUT2D eigenvalue weighted by atomic mass is 16.5. The van der Waals surface area contributed by atoms with Crippen LogP contribution in [0.4, 0.5) is 5.82 Å². The van der Waals surface area contributed by atoms with Gasteiger partial charge in [-0.15, -0.1) is 0 Å². The maximum Gasteiger partial charge on any atom is 0.318 e. The lowest BCUT2D eigenvalue weighted by atomic mass is 10.1. The van der Waals surface area contributed by atoms with Crippen LogP contribution < -0.4 is 15.4 Å². The minimum atomic E-state index is 0.200. The van der Waals surface area contributed by atoms with Crippen LogP contribution >= 0.6 is 0 Å². The van der Waals surface area contributed by atoms with Crippen LogP contribution in [0, 0.1) is 0 Å².